The molecule has 1 unspecified atom stereocenters. The minimum absolute atomic E-state index is 0.0132. The van der Waals surface area contributed by atoms with Crippen LogP contribution in [0.4, 0.5) is 5.69 Å². The third-order valence-corrected chi connectivity index (χ3v) is 5.45. The van der Waals surface area contributed by atoms with Crippen molar-refractivity contribution in [1.29, 1.82) is 0 Å². The van der Waals surface area contributed by atoms with Crippen LogP contribution in [0.2, 0.25) is 0 Å². The Balaban J connectivity index is 1.73. The molecule has 1 aliphatic heterocycles. The third-order valence-electron chi connectivity index (χ3n) is 4.30. The number of ether oxygens (including phenoxy) is 1. The molecular weight excluding hydrogens is 328 g/mol. The average Bonchev–Trinajstić information content (AvgIpc) is 2.58. The number of carbonyl (C=O) groups excluding carboxylic acids is 1. The monoisotopic (exact) mass is 350 g/mol. The van der Waals surface area contributed by atoms with E-state index in [2.05, 4.69) is 11.4 Å². The number of benzene rings is 1. The number of anilines is 1. The molecule has 0 radical (unpaired) electrons. The summed E-state index contributed by atoms with van der Waals surface area (Å²) in [6.07, 6.45) is 6.87. The van der Waals surface area contributed by atoms with Gasteiger partial charge in [0.05, 0.1) is 18.5 Å². The van der Waals surface area contributed by atoms with Gasteiger partial charge in [0.15, 0.2) is 6.10 Å². The molecule has 130 valence electrons. The molecule has 0 saturated carbocycles. The topological polar surface area (TPSA) is 75.7 Å². The number of fused-ring (bicyclic) bond motifs is 1. The third kappa shape index (κ3) is 3.72. The number of nitrogens with one attached hydrogen (secondary N) is 1. The zero-order chi connectivity index (χ0) is 17.2. The van der Waals surface area contributed by atoms with E-state index in [4.69, 9.17) is 4.74 Å². The summed E-state index contributed by atoms with van der Waals surface area (Å²) in [4.78, 5) is 12.4. The van der Waals surface area contributed by atoms with E-state index in [0.717, 1.165) is 25.5 Å². The van der Waals surface area contributed by atoms with Crippen molar-refractivity contribution in [2.45, 2.75) is 31.8 Å². The van der Waals surface area contributed by atoms with E-state index in [1.807, 2.05) is 0 Å². The maximum atomic E-state index is 12.4. The second-order valence-corrected chi connectivity index (χ2v) is 8.10. The first-order valence-corrected chi connectivity index (χ1v) is 9.99. The van der Waals surface area contributed by atoms with Crippen LogP contribution < -0.4 is 14.4 Å². The number of carbonyl (C=O) groups is 1. The predicted molar refractivity (Wildman–Crippen MR) is 92.6 cm³/mol. The van der Waals surface area contributed by atoms with Crippen molar-refractivity contribution in [3.63, 3.8) is 0 Å². The highest BCUT2D eigenvalue weighted by Crippen LogP contribution is 2.34. The molecule has 1 atom stereocenters. The number of amides is 1. The lowest BCUT2D eigenvalue weighted by atomic mass is 10.00. The number of sulfonamides is 1. The molecule has 0 fully saturated rings. The van der Waals surface area contributed by atoms with Gasteiger partial charge in [-0.05, 0) is 37.8 Å². The summed E-state index contributed by atoms with van der Waals surface area (Å²) in [5.41, 5.74) is 1.70. The smallest absolute Gasteiger partial charge is 0.263 e. The molecule has 3 rings (SSSR count). The van der Waals surface area contributed by atoms with E-state index in [-0.39, 0.29) is 12.5 Å². The second-order valence-electron chi connectivity index (χ2n) is 6.19. The zero-order valence-corrected chi connectivity index (χ0v) is 14.5. The van der Waals surface area contributed by atoms with Crippen molar-refractivity contribution in [3.8, 4) is 5.75 Å². The van der Waals surface area contributed by atoms with Crippen LogP contribution in [0.15, 0.2) is 35.9 Å². The Morgan fingerprint density at radius 1 is 1.33 bits per heavy atom. The lowest BCUT2D eigenvalue weighted by molar-refractivity contribution is -0.127. The Bertz CT molecular complexity index is 758. The fourth-order valence-corrected chi connectivity index (χ4v) is 3.95. The fraction of sp³-hybridized carbons (Fsp3) is 0.471. The van der Waals surface area contributed by atoms with Gasteiger partial charge in [0, 0.05) is 6.54 Å². The first-order valence-electron chi connectivity index (χ1n) is 8.14. The Morgan fingerprint density at radius 3 is 2.83 bits per heavy atom. The number of hydrogen-bond donors (Lipinski definition) is 1. The van der Waals surface area contributed by atoms with Crippen molar-refractivity contribution in [1.82, 2.24) is 5.32 Å². The number of nitrogens with zero attached hydrogens (tertiary/aromatic N) is 1. The maximum absolute atomic E-state index is 12.4. The van der Waals surface area contributed by atoms with Gasteiger partial charge in [-0.2, -0.15) is 0 Å². The normalized spacial score (nSPS) is 20.6. The molecule has 0 spiro atoms. The van der Waals surface area contributed by atoms with Gasteiger partial charge in [-0.25, -0.2) is 8.42 Å². The Kier molecular flexibility index (Phi) is 4.80. The van der Waals surface area contributed by atoms with Crippen LogP contribution in [0, 0.1) is 0 Å². The summed E-state index contributed by atoms with van der Waals surface area (Å²) in [5.74, 6) is 0.121. The highest BCUT2D eigenvalue weighted by Gasteiger charge is 2.34. The molecule has 7 heteroatoms. The Labute approximate surface area is 142 Å². The van der Waals surface area contributed by atoms with Gasteiger partial charge >= 0.3 is 0 Å². The Morgan fingerprint density at radius 2 is 2.12 bits per heavy atom. The second kappa shape index (κ2) is 6.84. The predicted octanol–water partition coefficient (Wildman–Crippen LogP) is 1.83. The van der Waals surface area contributed by atoms with Gasteiger partial charge < -0.3 is 10.1 Å². The van der Waals surface area contributed by atoms with Crippen LogP contribution in [0.3, 0.4) is 0 Å². The van der Waals surface area contributed by atoms with Gasteiger partial charge in [0.25, 0.3) is 5.91 Å². The van der Waals surface area contributed by atoms with Crippen molar-refractivity contribution >= 4 is 21.6 Å². The van der Waals surface area contributed by atoms with Crippen molar-refractivity contribution < 1.29 is 17.9 Å². The summed E-state index contributed by atoms with van der Waals surface area (Å²) in [6.45, 7) is 0.486. The average molecular weight is 350 g/mol. The van der Waals surface area contributed by atoms with E-state index >= 15 is 0 Å². The largest absolute Gasteiger partial charge is 0.476 e. The first-order chi connectivity index (χ1) is 11.4. The number of para-hydroxylation sites is 2. The van der Waals surface area contributed by atoms with Crippen LogP contribution in [-0.2, 0) is 14.8 Å². The van der Waals surface area contributed by atoms with E-state index in [1.165, 1.54) is 16.3 Å². The molecule has 0 bridgehead atoms. The molecular formula is C17H22N2O4S. The molecule has 1 heterocycles. The SMILES string of the molecule is CS(=O)(=O)N1CC(C(=O)NCC2=CCCCC2)Oc2ccccc21. The summed E-state index contributed by atoms with van der Waals surface area (Å²) in [6, 6.07) is 6.86. The molecule has 0 saturated heterocycles. The number of allylic oxidation sites excluding steroid dienone is 1. The first kappa shape index (κ1) is 16.8. The van der Waals surface area contributed by atoms with Crippen LogP contribution in [0.5, 0.6) is 5.75 Å². The molecule has 6 nitrogen and oxygen atoms in total. The van der Waals surface area contributed by atoms with Gasteiger partial charge in [-0.3, -0.25) is 9.10 Å². The fourth-order valence-electron chi connectivity index (χ4n) is 3.03. The van der Waals surface area contributed by atoms with E-state index < -0.39 is 16.1 Å². The molecule has 1 aromatic rings. The van der Waals surface area contributed by atoms with Gasteiger partial charge in [0.1, 0.15) is 5.75 Å². The molecule has 1 N–H and O–H groups in total. The van der Waals surface area contributed by atoms with E-state index in [0.29, 0.717) is 18.0 Å². The number of rotatable bonds is 4. The minimum atomic E-state index is -3.48. The minimum Gasteiger partial charge on any atom is -0.476 e. The van der Waals surface area contributed by atoms with Crippen LogP contribution in [-0.4, -0.2) is 39.8 Å². The molecule has 24 heavy (non-hydrogen) atoms. The maximum Gasteiger partial charge on any atom is 0.263 e. The van der Waals surface area contributed by atoms with Crippen LogP contribution in [0.1, 0.15) is 25.7 Å². The highest BCUT2D eigenvalue weighted by atomic mass is 32.2. The van der Waals surface area contributed by atoms with Crippen molar-refractivity contribution in [2.75, 3.05) is 23.7 Å². The molecule has 1 aromatic carbocycles. The van der Waals surface area contributed by atoms with Crippen LogP contribution in [0.25, 0.3) is 0 Å². The zero-order valence-electron chi connectivity index (χ0n) is 13.7. The highest BCUT2D eigenvalue weighted by molar-refractivity contribution is 7.92. The summed E-state index contributed by atoms with van der Waals surface area (Å²) in [5, 5.41) is 2.87. The summed E-state index contributed by atoms with van der Waals surface area (Å²) >= 11 is 0. The molecule has 0 aromatic heterocycles. The van der Waals surface area contributed by atoms with Crippen molar-refractivity contribution in [2.24, 2.45) is 0 Å². The van der Waals surface area contributed by atoms with Gasteiger partial charge in [-0.15, -0.1) is 0 Å². The summed E-state index contributed by atoms with van der Waals surface area (Å²) in [7, 11) is -3.48. The molecule has 1 amide bonds. The molecule has 1 aliphatic carbocycles. The number of hydrogen-bond acceptors (Lipinski definition) is 4. The van der Waals surface area contributed by atoms with Gasteiger partial charge in [-0.1, -0.05) is 23.8 Å². The Hall–Kier alpha value is -2.02. The standard InChI is InChI=1S/C17H22N2O4S/c1-24(21,22)19-12-16(23-15-10-6-5-9-14(15)19)17(20)18-11-13-7-3-2-4-8-13/h5-7,9-10,16H,2-4,8,11-12H2,1H3,(H,18,20). The van der Waals surface area contributed by atoms with E-state index in [1.54, 1.807) is 24.3 Å². The molecule has 2 aliphatic rings. The summed E-state index contributed by atoms with van der Waals surface area (Å²) < 4.78 is 31.1. The quantitative estimate of drug-likeness (QED) is 0.841. The van der Waals surface area contributed by atoms with E-state index in [9.17, 15) is 13.2 Å². The lowest BCUT2D eigenvalue weighted by Crippen LogP contribution is -2.50. The van der Waals surface area contributed by atoms with Gasteiger partial charge in [0.2, 0.25) is 10.0 Å². The lowest BCUT2D eigenvalue weighted by Gasteiger charge is -2.33. The van der Waals surface area contributed by atoms with Crippen molar-refractivity contribution in [3.05, 3.63) is 35.9 Å². The van der Waals surface area contributed by atoms with Crippen LogP contribution >= 0.6 is 0 Å².